The first-order valence-electron chi connectivity index (χ1n) is 5.36. The van der Waals surface area contributed by atoms with Crippen LogP contribution in [0.25, 0.3) is 0 Å². The first-order chi connectivity index (χ1) is 8.99. The number of rotatable bonds is 3. The van der Waals surface area contributed by atoms with Crippen molar-refractivity contribution in [2.45, 2.75) is 13.5 Å². The molecule has 0 unspecified atom stereocenters. The molecule has 1 aromatic heterocycles. The third-order valence-electron chi connectivity index (χ3n) is 2.27. The molecule has 1 heterocycles. The molecule has 2 rings (SSSR count). The largest absolute Gasteiger partial charge is 0.423 e. The van der Waals surface area contributed by atoms with Crippen LogP contribution in [0, 0.1) is 6.92 Å². The summed E-state index contributed by atoms with van der Waals surface area (Å²) < 4.78 is 5.52. The van der Waals surface area contributed by atoms with Gasteiger partial charge in [-0.1, -0.05) is 34.8 Å². The molecular weight excluding hydrogens is 309 g/mol. The Balaban J connectivity index is 2.36. The van der Waals surface area contributed by atoms with Gasteiger partial charge in [-0.25, -0.2) is 4.98 Å². The van der Waals surface area contributed by atoms with Gasteiger partial charge in [0, 0.05) is 18.3 Å². The monoisotopic (exact) mass is 317 g/mol. The van der Waals surface area contributed by atoms with Crippen LogP contribution < -0.4 is 10.5 Å². The highest BCUT2D eigenvalue weighted by Crippen LogP contribution is 2.35. The van der Waals surface area contributed by atoms with Gasteiger partial charge in [-0.05, 0) is 19.1 Å². The summed E-state index contributed by atoms with van der Waals surface area (Å²) in [6, 6.07) is 4.96. The molecule has 4 nitrogen and oxygen atoms in total. The van der Waals surface area contributed by atoms with Crippen LogP contribution in [0.3, 0.4) is 0 Å². The van der Waals surface area contributed by atoms with E-state index < -0.39 is 0 Å². The van der Waals surface area contributed by atoms with Crippen molar-refractivity contribution in [3.8, 4) is 11.8 Å². The normalized spacial score (nSPS) is 10.6. The second-order valence-corrected chi connectivity index (χ2v) is 5.01. The highest BCUT2D eigenvalue weighted by molar-refractivity contribution is 6.43. The van der Waals surface area contributed by atoms with Crippen LogP contribution in [0.2, 0.25) is 15.1 Å². The van der Waals surface area contributed by atoms with Gasteiger partial charge in [0.25, 0.3) is 0 Å². The molecule has 0 saturated heterocycles. The Bertz CT molecular complexity index is 619. The summed E-state index contributed by atoms with van der Waals surface area (Å²) in [7, 11) is 0. The fraction of sp³-hybridized carbons (Fsp3) is 0.167. The predicted octanol–water partition coefficient (Wildman–Crippen LogP) is 4.00. The molecule has 0 spiro atoms. The molecule has 0 aliphatic carbocycles. The van der Waals surface area contributed by atoms with Gasteiger partial charge >= 0.3 is 6.01 Å². The van der Waals surface area contributed by atoms with Crippen LogP contribution in [0.1, 0.15) is 11.4 Å². The SMILES string of the molecule is Cc1cc(CN)nc(Oc2cc(Cl)c(Cl)cc2Cl)n1. The Morgan fingerprint density at radius 3 is 2.42 bits per heavy atom. The second kappa shape index (κ2) is 5.92. The molecule has 0 aliphatic rings. The number of aromatic nitrogens is 2. The van der Waals surface area contributed by atoms with Crippen LogP contribution in [-0.4, -0.2) is 9.97 Å². The summed E-state index contributed by atoms with van der Waals surface area (Å²) in [6.45, 7) is 2.12. The first-order valence-corrected chi connectivity index (χ1v) is 6.50. The molecule has 100 valence electrons. The van der Waals surface area contributed by atoms with Gasteiger partial charge in [-0.15, -0.1) is 0 Å². The van der Waals surface area contributed by atoms with E-state index in [9.17, 15) is 0 Å². The average molecular weight is 319 g/mol. The fourth-order valence-electron chi connectivity index (χ4n) is 1.44. The van der Waals surface area contributed by atoms with Crippen molar-refractivity contribution in [3.05, 3.63) is 44.7 Å². The van der Waals surface area contributed by atoms with E-state index in [0.29, 0.717) is 33.1 Å². The van der Waals surface area contributed by atoms with Gasteiger partial charge in [0.1, 0.15) is 0 Å². The zero-order valence-corrected chi connectivity index (χ0v) is 12.2. The zero-order chi connectivity index (χ0) is 14.0. The Kier molecular flexibility index (Phi) is 4.47. The maximum absolute atomic E-state index is 6.02. The number of halogens is 3. The number of nitrogens with two attached hydrogens (primary N) is 1. The second-order valence-electron chi connectivity index (χ2n) is 3.79. The molecule has 0 radical (unpaired) electrons. The van der Waals surface area contributed by atoms with Gasteiger partial charge in [0.2, 0.25) is 0 Å². The van der Waals surface area contributed by atoms with Crippen LogP contribution in [0.15, 0.2) is 18.2 Å². The summed E-state index contributed by atoms with van der Waals surface area (Å²) in [5.74, 6) is 0.338. The van der Waals surface area contributed by atoms with Crippen LogP contribution >= 0.6 is 34.8 Å². The fourth-order valence-corrected chi connectivity index (χ4v) is 2.01. The highest BCUT2D eigenvalue weighted by atomic mass is 35.5. The van der Waals surface area contributed by atoms with E-state index in [4.69, 9.17) is 45.3 Å². The molecule has 0 saturated carbocycles. The summed E-state index contributed by atoms with van der Waals surface area (Å²) in [5.41, 5.74) is 6.98. The minimum Gasteiger partial charge on any atom is -0.423 e. The Hall–Kier alpha value is -1.07. The van der Waals surface area contributed by atoms with Crippen molar-refractivity contribution in [2.75, 3.05) is 0 Å². The molecule has 0 atom stereocenters. The van der Waals surface area contributed by atoms with E-state index in [2.05, 4.69) is 9.97 Å². The maximum atomic E-state index is 6.02. The van der Waals surface area contributed by atoms with Crippen molar-refractivity contribution in [1.29, 1.82) is 0 Å². The molecule has 7 heteroatoms. The van der Waals surface area contributed by atoms with Crippen molar-refractivity contribution >= 4 is 34.8 Å². The van der Waals surface area contributed by atoms with Gasteiger partial charge in [0.05, 0.1) is 20.8 Å². The molecule has 0 fully saturated rings. The van der Waals surface area contributed by atoms with Crippen LogP contribution in [0.5, 0.6) is 11.8 Å². The van der Waals surface area contributed by atoms with E-state index in [1.54, 1.807) is 6.07 Å². The van der Waals surface area contributed by atoms with Gasteiger partial charge in [0.15, 0.2) is 5.75 Å². The Morgan fingerprint density at radius 2 is 1.74 bits per heavy atom. The number of benzene rings is 1. The van der Waals surface area contributed by atoms with Gasteiger partial charge in [-0.2, -0.15) is 4.98 Å². The lowest BCUT2D eigenvalue weighted by atomic mass is 10.3. The predicted molar refractivity (Wildman–Crippen MR) is 76.2 cm³/mol. The topological polar surface area (TPSA) is 61.0 Å². The van der Waals surface area contributed by atoms with E-state index >= 15 is 0 Å². The average Bonchev–Trinajstić information content (AvgIpc) is 2.35. The minimum atomic E-state index is 0.167. The standard InChI is InChI=1S/C12H10Cl3N3O/c1-6-2-7(5-16)18-12(17-6)19-11-4-9(14)8(13)3-10(11)15/h2-4H,5,16H2,1H3. The molecular formula is C12H10Cl3N3O. The third kappa shape index (κ3) is 3.48. The van der Waals surface area contributed by atoms with Crippen LogP contribution in [-0.2, 0) is 6.54 Å². The van der Waals surface area contributed by atoms with Crippen molar-refractivity contribution in [3.63, 3.8) is 0 Å². The quantitative estimate of drug-likeness (QED) is 0.869. The van der Waals surface area contributed by atoms with E-state index in [1.165, 1.54) is 12.1 Å². The Labute approximate surface area is 125 Å². The highest BCUT2D eigenvalue weighted by Gasteiger charge is 2.10. The first kappa shape index (κ1) is 14.3. The molecule has 0 bridgehead atoms. The summed E-state index contributed by atoms with van der Waals surface area (Å²) in [6.07, 6.45) is 0. The van der Waals surface area contributed by atoms with Gasteiger partial charge in [-0.3, -0.25) is 0 Å². The molecule has 1 aromatic carbocycles. The maximum Gasteiger partial charge on any atom is 0.322 e. The molecule has 0 aliphatic heterocycles. The Morgan fingerprint density at radius 1 is 1.05 bits per heavy atom. The summed E-state index contributed by atoms with van der Waals surface area (Å²) in [5, 5.41) is 1.02. The summed E-state index contributed by atoms with van der Waals surface area (Å²) >= 11 is 17.8. The molecule has 19 heavy (non-hydrogen) atoms. The number of hydrogen-bond donors (Lipinski definition) is 1. The third-order valence-corrected chi connectivity index (χ3v) is 3.29. The lowest BCUT2D eigenvalue weighted by molar-refractivity contribution is 0.438. The molecule has 2 aromatic rings. The molecule has 0 amide bonds. The van der Waals surface area contributed by atoms with Crippen molar-refractivity contribution in [2.24, 2.45) is 5.73 Å². The molecule has 2 N–H and O–H groups in total. The van der Waals surface area contributed by atoms with E-state index in [1.807, 2.05) is 6.92 Å². The number of ether oxygens (including phenoxy) is 1. The smallest absolute Gasteiger partial charge is 0.322 e. The van der Waals surface area contributed by atoms with E-state index in [0.717, 1.165) is 5.69 Å². The number of nitrogens with zero attached hydrogens (tertiary/aromatic N) is 2. The zero-order valence-electron chi connectivity index (χ0n) is 9.95. The number of hydrogen-bond acceptors (Lipinski definition) is 4. The van der Waals surface area contributed by atoms with Crippen molar-refractivity contribution in [1.82, 2.24) is 9.97 Å². The van der Waals surface area contributed by atoms with Crippen molar-refractivity contribution < 1.29 is 4.74 Å². The van der Waals surface area contributed by atoms with E-state index in [-0.39, 0.29) is 6.01 Å². The van der Waals surface area contributed by atoms with Crippen LogP contribution in [0.4, 0.5) is 0 Å². The minimum absolute atomic E-state index is 0.167. The summed E-state index contributed by atoms with van der Waals surface area (Å²) in [4.78, 5) is 8.29. The lowest BCUT2D eigenvalue weighted by Crippen LogP contribution is -2.03. The van der Waals surface area contributed by atoms with Gasteiger partial charge < -0.3 is 10.5 Å². The lowest BCUT2D eigenvalue weighted by Gasteiger charge is -2.09. The number of aryl methyl sites for hydroxylation is 1.